The number of nitrogens with two attached hydrogens (primary N) is 1. The molecule has 1 heterocycles. The van der Waals surface area contributed by atoms with Crippen molar-refractivity contribution in [2.45, 2.75) is 24.3 Å². The van der Waals surface area contributed by atoms with Crippen LogP contribution in [0.2, 0.25) is 0 Å². The van der Waals surface area contributed by atoms with E-state index in [4.69, 9.17) is 5.73 Å². The van der Waals surface area contributed by atoms with Gasteiger partial charge in [-0.25, -0.2) is 0 Å². The van der Waals surface area contributed by atoms with Crippen LogP contribution in [0.4, 0.5) is 0 Å². The molecule has 0 bridgehead atoms. The zero-order valence-corrected chi connectivity index (χ0v) is 8.76. The van der Waals surface area contributed by atoms with Gasteiger partial charge in [-0.15, -0.1) is 0 Å². The summed E-state index contributed by atoms with van der Waals surface area (Å²) in [5, 5.41) is 0.651. The highest BCUT2D eigenvalue weighted by Gasteiger charge is 2.01. The average Bonchev–Trinajstić information content (AvgIpc) is 2.17. The maximum atomic E-state index is 5.48. The van der Waals surface area contributed by atoms with Crippen LogP contribution >= 0.6 is 11.8 Å². The first kappa shape index (κ1) is 10.5. The molecule has 1 aromatic heterocycles. The number of hydrogen-bond donors (Lipinski definition) is 1. The van der Waals surface area contributed by atoms with Gasteiger partial charge < -0.3 is 5.73 Å². The van der Waals surface area contributed by atoms with Crippen molar-refractivity contribution < 1.29 is 0 Å². The van der Waals surface area contributed by atoms with Crippen molar-refractivity contribution in [2.24, 2.45) is 5.73 Å². The third-order valence-corrected chi connectivity index (χ3v) is 3.16. The standard InChI is InChI=1S/C10H16N2S/c1-9(2-5-11)13-8-10-3-6-12-7-4-10/h3-4,6-7,9H,2,5,8,11H2,1H3. The molecule has 1 rings (SSSR count). The molecule has 0 radical (unpaired) electrons. The molecule has 2 nitrogen and oxygen atoms in total. The number of hydrogen-bond acceptors (Lipinski definition) is 3. The van der Waals surface area contributed by atoms with Crippen LogP contribution in [-0.2, 0) is 5.75 Å². The first-order chi connectivity index (χ1) is 6.33. The molecule has 0 spiro atoms. The van der Waals surface area contributed by atoms with Crippen molar-refractivity contribution in [1.29, 1.82) is 0 Å². The highest BCUT2D eigenvalue weighted by molar-refractivity contribution is 7.99. The zero-order valence-electron chi connectivity index (χ0n) is 7.94. The number of thioether (sulfide) groups is 1. The SMILES string of the molecule is CC(CCN)SCc1ccncc1. The van der Waals surface area contributed by atoms with Crippen LogP contribution in [0.5, 0.6) is 0 Å². The van der Waals surface area contributed by atoms with Gasteiger partial charge in [-0.05, 0) is 30.7 Å². The van der Waals surface area contributed by atoms with Crippen molar-refractivity contribution in [2.75, 3.05) is 6.54 Å². The highest BCUT2D eigenvalue weighted by atomic mass is 32.2. The number of nitrogens with zero attached hydrogens (tertiary/aromatic N) is 1. The molecule has 0 aliphatic rings. The Labute approximate surface area is 83.9 Å². The van der Waals surface area contributed by atoms with E-state index in [1.54, 1.807) is 0 Å². The molecule has 0 aromatic carbocycles. The van der Waals surface area contributed by atoms with E-state index < -0.39 is 0 Å². The summed E-state index contributed by atoms with van der Waals surface area (Å²) < 4.78 is 0. The minimum Gasteiger partial charge on any atom is -0.330 e. The normalized spacial score (nSPS) is 12.8. The van der Waals surface area contributed by atoms with Gasteiger partial charge in [-0.3, -0.25) is 4.98 Å². The molecule has 72 valence electrons. The van der Waals surface area contributed by atoms with Gasteiger partial charge in [0, 0.05) is 23.4 Å². The molecular formula is C10H16N2S. The Morgan fingerprint density at radius 3 is 2.77 bits per heavy atom. The maximum absolute atomic E-state index is 5.48. The van der Waals surface area contributed by atoms with Crippen molar-refractivity contribution in [3.05, 3.63) is 30.1 Å². The molecule has 0 aliphatic carbocycles. The second-order valence-corrected chi connectivity index (χ2v) is 4.48. The third-order valence-electron chi connectivity index (χ3n) is 1.86. The molecule has 3 heteroatoms. The maximum Gasteiger partial charge on any atom is 0.0270 e. The third kappa shape index (κ3) is 4.29. The van der Waals surface area contributed by atoms with Gasteiger partial charge >= 0.3 is 0 Å². The van der Waals surface area contributed by atoms with Crippen LogP contribution in [0, 0.1) is 0 Å². The molecule has 0 saturated carbocycles. The van der Waals surface area contributed by atoms with E-state index in [-0.39, 0.29) is 0 Å². The molecule has 1 atom stereocenters. The van der Waals surface area contributed by atoms with E-state index >= 15 is 0 Å². The first-order valence-electron chi connectivity index (χ1n) is 4.53. The Hall–Kier alpha value is -0.540. The first-order valence-corrected chi connectivity index (χ1v) is 5.58. The average molecular weight is 196 g/mol. The quantitative estimate of drug-likeness (QED) is 0.783. The minimum atomic E-state index is 0.651. The molecule has 0 saturated heterocycles. The fraction of sp³-hybridized carbons (Fsp3) is 0.500. The lowest BCUT2D eigenvalue weighted by Crippen LogP contribution is -2.07. The molecule has 2 N–H and O–H groups in total. The Morgan fingerprint density at radius 2 is 2.15 bits per heavy atom. The van der Waals surface area contributed by atoms with Crippen LogP contribution < -0.4 is 5.73 Å². The highest BCUT2D eigenvalue weighted by Crippen LogP contribution is 2.18. The zero-order chi connectivity index (χ0) is 9.52. The fourth-order valence-electron chi connectivity index (χ4n) is 1.04. The van der Waals surface area contributed by atoms with Crippen LogP contribution in [0.3, 0.4) is 0 Å². The lowest BCUT2D eigenvalue weighted by molar-refractivity contribution is 0.823. The lowest BCUT2D eigenvalue weighted by atomic mass is 10.3. The minimum absolute atomic E-state index is 0.651. The van der Waals surface area contributed by atoms with Crippen molar-refractivity contribution in [3.63, 3.8) is 0 Å². The molecule has 0 aliphatic heterocycles. The summed E-state index contributed by atoms with van der Waals surface area (Å²) in [4.78, 5) is 3.98. The fourth-order valence-corrected chi connectivity index (χ4v) is 2.01. The predicted octanol–water partition coefficient (Wildman–Crippen LogP) is 2.05. The predicted molar refractivity (Wildman–Crippen MR) is 58.7 cm³/mol. The van der Waals surface area contributed by atoms with Gasteiger partial charge in [0.15, 0.2) is 0 Å². The van der Waals surface area contributed by atoms with Crippen LogP contribution in [0.1, 0.15) is 18.9 Å². The Balaban J connectivity index is 2.27. The van der Waals surface area contributed by atoms with Crippen LogP contribution in [0.25, 0.3) is 0 Å². The Kier molecular flexibility index (Phi) is 4.86. The Morgan fingerprint density at radius 1 is 1.46 bits per heavy atom. The molecular weight excluding hydrogens is 180 g/mol. The Bertz CT molecular complexity index is 226. The van der Waals surface area contributed by atoms with Gasteiger partial charge in [-0.1, -0.05) is 6.92 Å². The van der Waals surface area contributed by atoms with Crippen LogP contribution in [0.15, 0.2) is 24.5 Å². The van der Waals surface area contributed by atoms with E-state index in [0.29, 0.717) is 5.25 Å². The smallest absolute Gasteiger partial charge is 0.0270 e. The number of rotatable bonds is 5. The van der Waals surface area contributed by atoms with Gasteiger partial charge in [0.05, 0.1) is 0 Å². The van der Waals surface area contributed by atoms with E-state index in [2.05, 4.69) is 24.0 Å². The van der Waals surface area contributed by atoms with Crippen molar-refractivity contribution >= 4 is 11.8 Å². The number of aromatic nitrogens is 1. The van der Waals surface area contributed by atoms with Crippen LogP contribution in [-0.4, -0.2) is 16.8 Å². The van der Waals surface area contributed by atoms with E-state index in [9.17, 15) is 0 Å². The van der Waals surface area contributed by atoms with E-state index in [1.807, 2.05) is 24.2 Å². The summed E-state index contributed by atoms with van der Waals surface area (Å²) in [5.41, 5.74) is 6.81. The van der Waals surface area contributed by atoms with Gasteiger partial charge in [0.2, 0.25) is 0 Å². The summed E-state index contributed by atoms with van der Waals surface area (Å²) in [6.07, 6.45) is 4.77. The van der Waals surface area contributed by atoms with Crippen molar-refractivity contribution in [1.82, 2.24) is 4.98 Å². The topological polar surface area (TPSA) is 38.9 Å². The second-order valence-electron chi connectivity index (χ2n) is 3.05. The van der Waals surface area contributed by atoms with E-state index in [0.717, 1.165) is 18.7 Å². The van der Waals surface area contributed by atoms with E-state index in [1.165, 1.54) is 5.56 Å². The largest absolute Gasteiger partial charge is 0.330 e. The summed E-state index contributed by atoms with van der Waals surface area (Å²) >= 11 is 1.95. The number of pyridine rings is 1. The second kappa shape index (κ2) is 6.00. The molecule has 1 aromatic rings. The lowest BCUT2D eigenvalue weighted by Gasteiger charge is -2.08. The monoisotopic (exact) mass is 196 g/mol. The van der Waals surface area contributed by atoms with Gasteiger partial charge in [0.1, 0.15) is 0 Å². The summed E-state index contributed by atoms with van der Waals surface area (Å²) in [7, 11) is 0. The molecule has 13 heavy (non-hydrogen) atoms. The molecule has 1 unspecified atom stereocenters. The molecule has 0 fully saturated rings. The summed E-state index contributed by atoms with van der Waals surface area (Å²) in [5.74, 6) is 1.06. The summed E-state index contributed by atoms with van der Waals surface area (Å²) in [6, 6.07) is 4.12. The van der Waals surface area contributed by atoms with Gasteiger partial charge in [-0.2, -0.15) is 11.8 Å². The van der Waals surface area contributed by atoms with Crippen molar-refractivity contribution in [3.8, 4) is 0 Å². The molecule has 0 amide bonds. The summed E-state index contributed by atoms with van der Waals surface area (Å²) in [6.45, 7) is 3.00. The van der Waals surface area contributed by atoms with Gasteiger partial charge in [0.25, 0.3) is 0 Å².